The SMILES string of the molecule is O=C(N/N=C\c1ccccc1Br)c1sc2ccccc2c1Cl. The van der Waals surface area contributed by atoms with Crippen LogP contribution in [0.1, 0.15) is 15.2 Å². The van der Waals surface area contributed by atoms with Crippen LogP contribution in [-0.4, -0.2) is 12.1 Å². The first kappa shape index (κ1) is 15.2. The van der Waals surface area contributed by atoms with Gasteiger partial charge in [0.05, 0.1) is 11.2 Å². The van der Waals surface area contributed by atoms with Crippen LogP contribution < -0.4 is 5.43 Å². The Morgan fingerprint density at radius 3 is 2.68 bits per heavy atom. The van der Waals surface area contributed by atoms with E-state index in [2.05, 4.69) is 26.5 Å². The van der Waals surface area contributed by atoms with Gasteiger partial charge in [-0.3, -0.25) is 4.79 Å². The van der Waals surface area contributed by atoms with Crippen molar-refractivity contribution < 1.29 is 4.79 Å². The lowest BCUT2D eigenvalue weighted by molar-refractivity contribution is 0.0959. The molecule has 0 unspecified atom stereocenters. The van der Waals surface area contributed by atoms with Gasteiger partial charge in [-0.2, -0.15) is 5.10 Å². The van der Waals surface area contributed by atoms with Crippen LogP contribution in [0.5, 0.6) is 0 Å². The number of halogens is 2. The second kappa shape index (κ2) is 6.60. The van der Waals surface area contributed by atoms with Crippen LogP contribution >= 0.6 is 38.9 Å². The Morgan fingerprint density at radius 1 is 1.18 bits per heavy atom. The minimum absolute atomic E-state index is 0.311. The third-order valence-electron chi connectivity index (χ3n) is 3.02. The number of carbonyl (C=O) groups is 1. The largest absolute Gasteiger partial charge is 0.283 e. The third-order valence-corrected chi connectivity index (χ3v) is 5.41. The molecule has 0 saturated carbocycles. The van der Waals surface area contributed by atoms with Gasteiger partial charge in [0.2, 0.25) is 0 Å². The molecular weight excluding hydrogens is 384 g/mol. The molecule has 0 aliphatic rings. The van der Waals surface area contributed by atoms with Crippen LogP contribution in [0.25, 0.3) is 10.1 Å². The first-order valence-electron chi connectivity index (χ1n) is 6.42. The lowest BCUT2D eigenvalue weighted by atomic mass is 10.2. The molecule has 0 bridgehead atoms. The molecule has 110 valence electrons. The lowest BCUT2D eigenvalue weighted by Crippen LogP contribution is -2.16. The Hall–Kier alpha value is -1.69. The minimum atomic E-state index is -0.311. The van der Waals surface area contributed by atoms with Crippen molar-refractivity contribution in [2.75, 3.05) is 0 Å². The van der Waals surface area contributed by atoms with Crippen molar-refractivity contribution in [1.29, 1.82) is 0 Å². The first-order chi connectivity index (χ1) is 10.7. The minimum Gasteiger partial charge on any atom is -0.266 e. The fourth-order valence-corrected chi connectivity index (χ4v) is 3.75. The van der Waals surface area contributed by atoms with E-state index in [1.165, 1.54) is 11.3 Å². The second-order valence-electron chi connectivity index (χ2n) is 4.46. The third kappa shape index (κ3) is 3.06. The molecule has 0 aliphatic carbocycles. The van der Waals surface area contributed by atoms with Gasteiger partial charge in [-0.25, -0.2) is 5.43 Å². The number of carbonyl (C=O) groups excluding carboxylic acids is 1. The van der Waals surface area contributed by atoms with Crippen LogP contribution in [0, 0.1) is 0 Å². The molecule has 3 rings (SSSR count). The maximum atomic E-state index is 12.2. The molecule has 2 aromatic carbocycles. The van der Waals surface area contributed by atoms with Gasteiger partial charge in [-0.1, -0.05) is 63.9 Å². The molecule has 3 nitrogen and oxygen atoms in total. The van der Waals surface area contributed by atoms with Gasteiger partial charge >= 0.3 is 0 Å². The molecule has 0 atom stereocenters. The summed E-state index contributed by atoms with van der Waals surface area (Å²) in [6, 6.07) is 15.3. The van der Waals surface area contributed by atoms with E-state index in [4.69, 9.17) is 11.6 Å². The summed E-state index contributed by atoms with van der Waals surface area (Å²) in [5.74, 6) is -0.311. The molecule has 0 radical (unpaired) electrons. The zero-order valence-corrected chi connectivity index (χ0v) is 14.4. The van der Waals surface area contributed by atoms with Crippen molar-refractivity contribution >= 4 is 61.1 Å². The van der Waals surface area contributed by atoms with Gasteiger partial charge < -0.3 is 0 Å². The number of nitrogens with zero attached hydrogens (tertiary/aromatic N) is 1. The summed E-state index contributed by atoms with van der Waals surface area (Å²) in [6.07, 6.45) is 1.59. The van der Waals surface area contributed by atoms with Crippen LogP contribution in [0.3, 0.4) is 0 Å². The first-order valence-corrected chi connectivity index (χ1v) is 8.40. The average molecular weight is 394 g/mol. The molecule has 0 aliphatic heterocycles. The Balaban J connectivity index is 1.79. The summed E-state index contributed by atoms with van der Waals surface area (Å²) in [5, 5.41) is 5.33. The maximum absolute atomic E-state index is 12.2. The van der Waals surface area contributed by atoms with E-state index in [-0.39, 0.29) is 5.91 Å². The number of amides is 1. The van der Waals surface area contributed by atoms with Gasteiger partial charge in [0.15, 0.2) is 0 Å². The Bertz CT molecular complexity index is 875. The highest BCUT2D eigenvalue weighted by Gasteiger charge is 2.16. The molecule has 1 N–H and O–H groups in total. The van der Waals surface area contributed by atoms with E-state index in [9.17, 15) is 4.79 Å². The quantitative estimate of drug-likeness (QED) is 0.489. The van der Waals surface area contributed by atoms with Gasteiger partial charge in [0.25, 0.3) is 5.91 Å². The molecular formula is C16H10BrClN2OS. The summed E-state index contributed by atoms with van der Waals surface area (Å²) in [6.45, 7) is 0. The number of nitrogens with one attached hydrogen (secondary N) is 1. The van der Waals surface area contributed by atoms with Crippen LogP contribution in [0.4, 0.5) is 0 Å². The second-order valence-corrected chi connectivity index (χ2v) is 6.75. The maximum Gasteiger partial charge on any atom is 0.283 e. The fraction of sp³-hybridized carbons (Fsp3) is 0. The molecule has 22 heavy (non-hydrogen) atoms. The highest BCUT2D eigenvalue weighted by Crippen LogP contribution is 2.34. The highest BCUT2D eigenvalue weighted by atomic mass is 79.9. The molecule has 3 aromatic rings. The van der Waals surface area contributed by atoms with Gasteiger partial charge in [-0.05, 0) is 12.1 Å². The van der Waals surface area contributed by atoms with Crippen molar-refractivity contribution in [2.24, 2.45) is 5.10 Å². The highest BCUT2D eigenvalue weighted by molar-refractivity contribution is 9.10. The summed E-state index contributed by atoms with van der Waals surface area (Å²) in [7, 11) is 0. The Labute approximate surface area is 144 Å². The molecule has 0 fully saturated rings. The Morgan fingerprint density at radius 2 is 1.91 bits per heavy atom. The lowest BCUT2D eigenvalue weighted by Gasteiger charge is -1.98. The predicted octanol–water partition coefficient (Wildman–Crippen LogP) is 5.08. The van der Waals surface area contributed by atoms with Gasteiger partial charge in [0.1, 0.15) is 4.88 Å². The van der Waals surface area contributed by atoms with Crippen LogP contribution in [0.15, 0.2) is 58.1 Å². The zero-order valence-electron chi connectivity index (χ0n) is 11.2. The number of fused-ring (bicyclic) bond motifs is 1. The fourth-order valence-electron chi connectivity index (χ4n) is 1.95. The normalized spacial score (nSPS) is 11.2. The number of hydrogen-bond donors (Lipinski definition) is 1. The summed E-state index contributed by atoms with van der Waals surface area (Å²) in [5.41, 5.74) is 3.39. The monoisotopic (exact) mass is 392 g/mol. The topological polar surface area (TPSA) is 41.5 Å². The van der Waals surface area contributed by atoms with Crippen molar-refractivity contribution in [3.8, 4) is 0 Å². The van der Waals surface area contributed by atoms with E-state index in [1.54, 1.807) is 6.21 Å². The van der Waals surface area contributed by atoms with Gasteiger partial charge in [0, 0.05) is 20.1 Å². The molecule has 1 amide bonds. The van der Waals surface area contributed by atoms with Crippen molar-refractivity contribution in [3.63, 3.8) is 0 Å². The molecule has 1 heterocycles. The molecule has 6 heteroatoms. The average Bonchev–Trinajstić information content (AvgIpc) is 2.87. The zero-order chi connectivity index (χ0) is 15.5. The van der Waals surface area contributed by atoms with Crippen molar-refractivity contribution in [2.45, 2.75) is 0 Å². The van der Waals surface area contributed by atoms with Crippen LogP contribution in [-0.2, 0) is 0 Å². The van der Waals surface area contributed by atoms with E-state index in [1.807, 2.05) is 48.5 Å². The number of rotatable bonds is 3. The number of benzene rings is 2. The van der Waals surface area contributed by atoms with Crippen LogP contribution in [0.2, 0.25) is 5.02 Å². The smallest absolute Gasteiger partial charge is 0.266 e. The summed E-state index contributed by atoms with van der Waals surface area (Å²) >= 11 is 11.0. The molecule has 0 saturated heterocycles. The number of hydrazone groups is 1. The standard InChI is InChI=1S/C16H10BrClN2OS/c17-12-7-3-1-5-10(12)9-19-20-16(21)15-14(18)11-6-2-4-8-13(11)22-15/h1-9H,(H,20,21)/b19-9-. The summed E-state index contributed by atoms with van der Waals surface area (Å²) < 4.78 is 1.89. The van der Waals surface area contributed by atoms with Gasteiger partial charge in [-0.15, -0.1) is 11.3 Å². The van der Waals surface area contributed by atoms with E-state index in [0.717, 1.165) is 20.1 Å². The predicted molar refractivity (Wildman–Crippen MR) is 96.0 cm³/mol. The van der Waals surface area contributed by atoms with Crippen molar-refractivity contribution in [3.05, 3.63) is 68.5 Å². The van der Waals surface area contributed by atoms with E-state index in [0.29, 0.717) is 9.90 Å². The number of thiophene rings is 1. The van der Waals surface area contributed by atoms with Crippen molar-refractivity contribution in [1.82, 2.24) is 5.43 Å². The van der Waals surface area contributed by atoms with E-state index >= 15 is 0 Å². The molecule has 1 aromatic heterocycles. The summed E-state index contributed by atoms with van der Waals surface area (Å²) in [4.78, 5) is 12.7. The van der Waals surface area contributed by atoms with E-state index < -0.39 is 0 Å². The Kier molecular flexibility index (Phi) is 4.57. The molecule has 0 spiro atoms. The number of hydrogen-bond acceptors (Lipinski definition) is 3.